The summed E-state index contributed by atoms with van der Waals surface area (Å²) in [4.78, 5) is 0. The molecule has 56 valence electrons. The van der Waals surface area contributed by atoms with Crippen LogP contribution in [0.1, 0.15) is 13.8 Å². The molecule has 0 spiro atoms. The Morgan fingerprint density at radius 3 is 1.78 bits per heavy atom. The molecule has 0 aliphatic carbocycles. The SMILES string of the molecule is CCN(CC)N(C)NC. The van der Waals surface area contributed by atoms with Crippen LogP contribution in [0.15, 0.2) is 0 Å². The molecule has 0 radical (unpaired) electrons. The van der Waals surface area contributed by atoms with E-state index < -0.39 is 0 Å². The second-order valence-electron chi connectivity index (χ2n) is 1.89. The molecule has 1 N–H and O–H groups in total. The van der Waals surface area contributed by atoms with Gasteiger partial charge >= 0.3 is 0 Å². The molecule has 0 aliphatic rings. The van der Waals surface area contributed by atoms with Crippen LogP contribution in [0.3, 0.4) is 0 Å². The van der Waals surface area contributed by atoms with Gasteiger partial charge in [0, 0.05) is 27.2 Å². The number of hydrazine groups is 2. The molecular formula is C6H17N3. The number of hydrogen-bond donors (Lipinski definition) is 1. The van der Waals surface area contributed by atoms with Crippen molar-refractivity contribution in [3.05, 3.63) is 0 Å². The molecule has 0 aliphatic heterocycles. The summed E-state index contributed by atoms with van der Waals surface area (Å²) in [6.07, 6.45) is 0. The van der Waals surface area contributed by atoms with E-state index in [-0.39, 0.29) is 0 Å². The lowest BCUT2D eigenvalue weighted by molar-refractivity contribution is -0.0297. The van der Waals surface area contributed by atoms with Gasteiger partial charge in [-0.05, 0) is 0 Å². The Balaban J connectivity index is 3.50. The molecule has 0 saturated heterocycles. The first kappa shape index (κ1) is 8.88. The zero-order valence-electron chi connectivity index (χ0n) is 6.81. The molecule has 0 amide bonds. The lowest BCUT2D eigenvalue weighted by atomic mass is 10.6. The van der Waals surface area contributed by atoms with Gasteiger partial charge in [0.2, 0.25) is 0 Å². The highest BCUT2D eigenvalue weighted by Gasteiger charge is 2.01. The predicted octanol–water partition coefficient (Wildman–Crippen LogP) is 0.309. The quantitative estimate of drug-likeness (QED) is 0.554. The van der Waals surface area contributed by atoms with Gasteiger partial charge in [-0.25, -0.2) is 10.4 Å². The maximum Gasteiger partial charge on any atom is 0.0176 e. The first-order valence-corrected chi connectivity index (χ1v) is 3.42. The van der Waals surface area contributed by atoms with Crippen molar-refractivity contribution in [1.82, 2.24) is 15.6 Å². The van der Waals surface area contributed by atoms with Crippen molar-refractivity contribution < 1.29 is 0 Å². The molecule has 3 heteroatoms. The smallest absolute Gasteiger partial charge is 0.0176 e. The molecule has 0 fully saturated rings. The summed E-state index contributed by atoms with van der Waals surface area (Å²) >= 11 is 0. The third-order valence-electron chi connectivity index (χ3n) is 1.48. The molecule has 3 nitrogen and oxygen atoms in total. The summed E-state index contributed by atoms with van der Waals surface area (Å²) in [6.45, 7) is 6.37. The number of nitrogens with one attached hydrogen (secondary N) is 1. The molecule has 0 bridgehead atoms. The highest BCUT2D eigenvalue weighted by Crippen LogP contribution is 1.86. The van der Waals surface area contributed by atoms with Gasteiger partial charge in [-0.1, -0.05) is 13.8 Å². The van der Waals surface area contributed by atoms with Crippen LogP contribution in [-0.2, 0) is 0 Å². The summed E-state index contributed by atoms with van der Waals surface area (Å²) in [5, 5.41) is 4.18. The van der Waals surface area contributed by atoms with Crippen LogP contribution in [0.2, 0.25) is 0 Å². The Labute approximate surface area is 57.6 Å². The van der Waals surface area contributed by atoms with Gasteiger partial charge in [-0.3, -0.25) is 0 Å². The number of hydrogen-bond acceptors (Lipinski definition) is 3. The average Bonchev–Trinajstić information content (AvgIpc) is 1.90. The average molecular weight is 131 g/mol. The molecule has 0 rings (SSSR count). The molecule has 0 atom stereocenters. The van der Waals surface area contributed by atoms with Crippen LogP contribution in [-0.4, -0.2) is 37.3 Å². The molecule has 0 aromatic heterocycles. The van der Waals surface area contributed by atoms with E-state index >= 15 is 0 Å². The van der Waals surface area contributed by atoms with Gasteiger partial charge in [0.15, 0.2) is 0 Å². The first-order valence-electron chi connectivity index (χ1n) is 3.42. The molecule has 0 aromatic rings. The van der Waals surface area contributed by atoms with E-state index in [4.69, 9.17) is 0 Å². The normalized spacial score (nSPS) is 11.3. The Bertz CT molecular complexity index is 61.3. The minimum absolute atomic E-state index is 1.05. The van der Waals surface area contributed by atoms with Gasteiger partial charge < -0.3 is 0 Å². The van der Waals surface area contributed by atoms with Crippen molar-refractivity contribution in [2.75, 3.05) is 27.2 Å². The lowest BCUT2D eigenvalue weighted by Crippen LogP contribution is -2.46. The van der Waals surface area contributed by atoms with Crippen LogP contribution in [0.25, 0.3) is 0 Å². The largest absolute Gasteiger partial charge is 0.245 e. The van der Waals surface area contributed by atoms with Crippen molar-refractivity contribution in [3.8, 4) is 0 Å². The zero-order chi connectivity index (χ0) is 7.28. The van der Waals surface area contributed by atoms with Crippen molar-refractivity contribution in [2.45, 2.75) is 13.8 Å². The summed E-state index contributed by atoms with van der Waals surface area (Å²) < 4.78 is 0. The van der Waals surface area contributed by atoms with Crippen LogP contribution in [0, 0.1) is 0 Å². The summed E-state index contributed by atoms with van der Waals surface area (Å²) in [6, 6.07) is 0. The molecule has 0 saturated carbocycles. The van der Waals surface area contributed by atoms with Crippen molar-refractivity contribution in [2.24, 2.45) is 0 Å². The summed E-state index contributed by atoms with van der Waals surface area (Å²) in [5.41, 5.74) is 3.03. The fraction of sp³-hybridized carbons (Fsp3) is 1.00. The van der Waals surface area contributed by atoms with Crippen molar-refractivity contribution in [1.29, 1.82) is 0 Å². The van der Waals surface area contributed by atoms with Gasteiger partial charge in [0.05, 0.1) is 0 Å². The monoisotopic (exact) mass is 131 g/mol. The maximum absolute atomic E-state index is 3.03. The van der Waals surface area contributed by atoms with Gasteiger partial charge in [-0.2, -0.15) is 5.12 Å². The molecule has 9 heavy (non-hydrogen) atoms. The van der Waals surface area contributed by atoms with E-state index in [0.29, 0.717) is 0 Å². The predicted molar refractivity (Wildman–Crippen MR) is 39.7 cm³/mol. The fourth-order valence-corrected chi connectivity index (χ4v) is 0.789. The maximum atomic E-state index is 3.03. The third kappa shape index (κ3) is 2.79. The van der Waals surface area contributed by atoms with Gasteiger partial charge in [0.1, 0.15) is 0 Å². The molecular weight excluding hydrogens is 114 g/mol. The van der Waals surface area contributed by atoms with Gasteiger partial charge in [-0.15, -0.1) is 0 Å². The highest BCUT2D eigenvalue weighted by molar-refractivity contribution is 4.40. The van der Waals surface area contributed by atoms with Crippen molar-refractivity contribution in [3.63, 3.8) is 0 Å². The van der Waals surface area contributed by atoms with E-state index in [2.05, 4.69) is 24.3 Å². The van der Waals surface area contributed by atoms with Crippen LogP contribution < -0.4 is 5.43 Å². The Hall–Kier alpha value is -0.120. The van der Waals surface area contributed by atoms with Gasteiger partial charge in [0.25, 0.3) is 0 Å². The minimum Gasteiger partial charge on any atom is -0.245 e. The van der Waals surface area contributed by atoms with Crippen molar-refractivity contribution >= 4 is 0 Å². The lowest BCUT2D eigenvalue weighted by Gasteiger charge is -2.28. The van der Waals surface area contributed by atoms with E-state index in [1.165, 1.54) is 0 Å². The van der Waals surface area contributed by atoms with E-state index in [1.807, 2.05) is 19.2 Å². The second kappa shape index (κ2) is 4.73. The summed E-state index contributed by atoms with van der Waals surface area (Å²) in [7, 11) is 3.92. The van der Waals surface area contributed by atoms with E-state index in [9.17, 15) is 0 Å². The second-order valence-corrected chi connectivity index (χ2v) is 1.89. The van der Waals surface area contributed by atoms with E-state index in [0.717, 1.165) is 13.1 Å². The molecule has 0 aromatic carbocycles. The van der Waals surface area contributed by atoms with Crippen LogP contribution in [0.4, 0.5) is 0 Å². The Kier molecular flexibility index (Phi) is 4.67. The summed E-state index contributed by atoms with van der Waals surface area (Å²) in [5.74, 6) is 0. The molecule has 0 unspecified atom stereocenters. The molecule has 0 heterocycles. The Morgan fingerprint density at radius 1 is 1.22 bits per heavy atom. The number of nitrogens with zero attached hydrogens (tertiary/aromatic N) is 2. The number of rotatable bonds is 4. The van der Waals surface area contributed by atoms with Crippen LogP contribution >= 0.6 is 0 Å². The minimum atomic E-state index is 1.05. The standard InChI is InChI=1S/C6H17N3/c1-5-9(6-2)8(4)7-3/h7H,5-6H2,1-4H3. The highest BCUT2D eigenvalue weighted by atomic mass is 15.8. The van der Waals surface area contributed by atoms with Crippen LogP contribution in [0.5, 0.6) is 0 Å². The van der Waals surface area contributed by atoms with E-state index in [1.54, 1.807) is 0 Å². The third-order valence-corrected chi connectivity index (χ3v) is 1.48. The zero-order valence-corrected chi connectivity index (χ0v) is 6.81. The Morgan fingerprint density at radius 2 is 1.67 bits per heavy atom. The first-order chi connectivity index (χ1) is 4.26. The fourth-order valence-electron chi connectivity index (χ4n) is 0.789. The topological polar surface area (TPSA) is 18.5 Å².